The van der Waals surface area contributed by atoms with Gasteiger partial charge in [-0.2, -0.15) is 10.3 Å². The van der Waals surface area contributed by atoms with E-state index >= 15 is 0 Å². The first-order valence-electron chi connectivity index (χ1n) is 8.82. The van der Waals surface area contributed by atoms with Gasteiger partial charge >= 0.3 is 6.03 Å². The Morgan fingerprint density at radius 1 is 1.20 bits per heavy atom. The van der Waals surface area contributed by atoms with Crippen LogP contribution in [-0.4, -0.2) is 39.2 Å². The molecule has 154 valence electrons. The number of hydrogen-bond donors (Lipinski definition) is 2. The van der Waals surface area contributed by atoms with Crippen LogP contribution < -0.4 is 20.6 Å². The first kappa shape index (κ1) is 20.2. The van der Waals surface area contributed by atoms with Gasteiger partial charge in [-0.1, -0.05) is 37.0 Å². The molecule has 3 unspecified atom stereocenters. The molecule has 0 radical (unpaired) electrons. The highest BCUT2D eigenvalue weighted by atomic mass is 35.5. The number of anilines is 1. The summed E-state index contributed by atoms with van der Waals surface area (Å²) < 4.78 is 5.67. The summed E-state index contributed by atoms with van der Waals surface area (Å²) in [5.41, 5.74) is 0.409. The van der Waals surface area contributed by atoms with Gasteiger partial charge in [-0.15, -0.1) is 5.10 Å². The SMILES string of the molecule is CC(C)c1cc(Oc2c(Cl)cc(N3C(=O)NC(=O)C4C(C#N)N43)cc2Cl)n[nH]c1=O. The number of H-pyrrole nitrogens is 1. The van der Waals surface area contributed by atoms with Crippen molar-refractivity contribution in [2.24, 2.45) is 0 Å². The van der Waals surface area contributed by atoms with Gasteiger partial charge < -0.3 is 4.74 Å². The fourth-order valence-electron chi connectivity index (χ4n) is 3.20. The molecule has 2 fully saturated rings. The third-order valence-corrected chi connectivity index (χ3v) is 5.26. The smallest absolute Gasteiger partial charge is 0.343 e. The number of hydrazine groups is 1. The molecule has 3 atom stereocenters. The van der Waals surface area contributed by atoms with Gasteiger partial charge in [0.15, 0.2) is 5.75 Å². The highest BCUT2D eigenvalue weighted by Gasteiger charge is 2.62. The third kappa shape index (κ3) is 3.27. The molecular formula is C18H14Cl2N6O4. The van der Waals surface area contributed by atoms with Crippen LogP contribution in [0.2, 0.25) is 10.0 Å². The molecule has 0 spiro atoms. The predicted octanol–water partition coefficient (Wildman–Crippen LogP) is 2.54. The van der Waals surface area contributed by atoms with Gasteiger partial charge in [-0.25, -0.2) is 14.9 Å². The molecule has 3 amide bonds. The number of nitrogens with zero attached hydrogens (tertiary/aromatic N) is 4. The zero-order valence-electron chi connectivity index (χ0n) is 15.6. The van der Waals surface area contributed by atoms with E-state index in [1.54, 1.807) is 0 Å². The van der Waals surface area contributed by atoms with E-state index in [1.165, 1.54) is 23.2 Å². The number of benzene rings is 1. The quantitative estimate of drug-likeness (QED) is 0.686. The lowest BCUT2D eigenvalue weighted by molar-refractivity contribution is -0.120. The van der Waals surface area contributed by atoms with Crippen LogP contribution in [0.1, 0.15) is 25.3 Å². The Morgan fingerprint density at radius 2 is 1.87 bits per heavy atom. The van der Waals surface area contributed by atoms with Crippen LogP contribution in [0.3, 0.4) is 0 Å². The van der Waals surface area contributed by atoms with Gasteiger partial charge in [-0.3, -0.25) is 14.9 Å². The number of fused-ring (bicyclic) bond motifs is 1. The van der Waals surface area contributed by atoms with E-state index in [1.807, 2.05) is 19.9 Å². The normalized spacial score (nSPS) is 22.4. The number of nitriles is 1. The van der Waals surface area contributed by atoms with Gasteiger partial charge in [0.05, 0.1) is 21.8 Å². The molecular weight excluding hydrogens is 435 g/mol. The van der Waals surface area contributed by atoms with Crippen molar-refractivity contribution in [1.82, 2.24) is 20.5 Å². The minimum Gasteiger partial charge on any atom is -0.434 e. The Hall–Kier alpha value is -3.13. The molecule has 2 N–H and O–H groups in total. The standard InChI is InChI=1S/C18H14Cl2N6O4/c1-7(2)9-5-13(23-24-16(9)27)30-15-10(19)3-8(4-11(15)20)25-18(29)22-17(28)14-12(6-21)26(14)25/h3-5,7,12,14H,1-2H3,(H,24,27)(H,22,28,29). The zero-order valence-corrected chi connectivity index (χ0v) is 17.2. The number of halogens is 2. The van der Waals surface area contributed by atoms with E-state index < -0.39 is 24.0 Å². The van der Waals surface area contributed by atoms with E-state index in [4.69, 9.17) is 27.9 Å². The van der Waals surface area contributed by atoms with E-state index in [9.17, 15) is 19.6 Å². The number of amides is 3. The summed E-state index contributed by atoms with van der Waals surface area (Å²) in [4.78, 5) is 36.0. The van der Waals surface area contributed by atoms with Crippen LogP contribution in [0.5, 0.6) is 11.6 Å². The summed E-state index contributed by atoms with van der Waals surface area (Å²) in [6.45, 7) is 3.71. The maximum Gasteiger partial charge on any atom is 0.343 e. The first-order chi connectivity index (χ1) is 14.2. The zero-order chi connectivity index (χ0) is 21.7. The van der Waals surface area contributed by atoms with Gasteiger partial charge in [0.2, 0.25) is 11.8 Å². The molecule has 2 aliphatic rings. The van der Waals surface area contributed by atoms with Gasteiger partial charge in [0.1, 0.15) is 12.1 Å². The second-order valence-electron chi connectivity index (χ2n) is 6.99. The molecule has 0 saturated carbocycles. The number of hydrogen-bond acceptors (Lipinski definition) is 7. The average molecular weight is 449 g/mol. The van der Waals surface area contributed by atoms with Crippen molar-refractivity contribution in [1.29, 1.82) is 5.26 Å². The fraction of sp³-hybridized carbons (Fsp3) is 0.278. The fourth-order valence-corrected chi connectivity index (χ4v) is 3.76. The van der Waals surface area contributed by atoms with Crippen LogP contribution in [0.25, 0.3) is 0 Å². The Morgan fingerprint density at radius 3 is 2.47 bits per heavy atom. The molecule has 2 aliphatic heterocycles. The molecule has 1 aromatic heterocycles. The third-order valence-electron chi connectivity index (χ3n) is 4.70. The maximum atomic E-state index is 12.3. The minimum absolute atomic E-state index is 0.0543. The number of urea groups is 1. The van der Waals surface area contributed by atoms with E-state index in [0.717, 1.165) is 5.01 Å². The number of imide groups is 1. The van der Waals surface area contributed by atoms with Crippen LogP contribution in [0.15, 0.2) is 23.0 Å². The number of ether oxygens (including phenoxy) is 1. The molecule has 12 heteroatoms. The van der Waals surface area contributed by atoms with Crippen molar-refractivity contribution in [2.45, 2.75) is 31.8 Å². The molecule has 2 aromatic rings. The summed E-state index contributed by atoms with van der Waals surface area (Å²) in [5.74, 6) is -0.429. The molecule has 1 aromatic carbocycles. The Bertz CT molecular complexity index is 1150. The van der Waals surface area contributed by atoms with Crippen molar-refractivity contribution in [2.75, 3.05) is 5.01 Å². The molecule has 2 saturated heterocycles. The molecule has 3 heterocycles. The Labute approximate surface area is 179 Å². The predicted molar refractivity (Wildman–Crippen MR) is 107 cm³/mol. The van der Waals surface area contributed by atoms with Crippen LogP contribution in [0, 0.1) is 11.3 Å². The number of aromatic amines is 1. The Balaban J connectivity index is 1.66. The van der Waals surface area contributed by atoms with Gasteiger partial charge in [-0.05, 0) is 18.1 Å². The number of rotatable bonds is 4. The van der Waals surface area contributed by atoms with Crippen LogP contribution in [0.4, 0.5) is 10.5 Å². The average Bonchev–Trinajstić information content (AvgIpc) is 3.40. The lowest BCUT2D eigenvalue weighted by atomic mass is 10.1. The van der Waals surface area contributed by atoms with Crippen molar-refractivity contribution >= 4 is 40.8 Å². The largest absolute Gasteiger partial charge is 0.434 e. The summed E-state index contributed by atoms with van der Waals surface area (Å²) in [6.07, 6.45) is 0. The summed E-state index contributed by atoms with van der Waals surface area (Å²) in [7, 11) is 0. The number of carbonyl (C=O) groups excluding carboxylic acids is 2. The van der Waals surface area contributed by atoms with Gasteiger partial charge in [0, 0.05) is 11.6 Å². The molecule has 0 bridgehead atoms. The topological polar surface area (TPSA) is 131 Å². The van der Waals surface area contributed by atoms with E-state index in [-0.39, 0.29) is 38.8 Å². The molecule has 10 nitrogen and oxygen atoms in total. The molecule has 30 heavy (non-hydrogen) atoms. The highest BCUT2D eigenvalue weighted by Crippen LogP contribution is 2.43. The second-order valence-corrected chi connectivity index (χ2v) is 7.81. The highest BCUT2D eigenvalue weighted by molar-refractivity contribution is 6.37. The molecule has 4 rings (SSSR count). The number of aromatic nitrogens is 2. The number of carbonyl (C=O) groups is 2. The van der Waals surface area contributed by atoms with Crippen molar-refractivity contribution in [3.05, 3.63) is 44.2 Å². The monoisotopic (exact) mass is 448 g/mol. The van der Waals surface area contributed by atoms with Gasteiger partial charge in [0.25, 0.3) is 5.56 Å². The van der Waals surface area contributed by atoms with Crippen LogP contribution >= 0.6 is 23.2 Å². The summed E-state index contributed by atoms with van der Waals surface area (Å²) in [5, 5.41) is 20.2. The Kier molecular flexibility index (Phi) is 4.89. The van der Waals surface area contributed by atoms with Crippen LogP contribution in [-0.2, 0) is 4.79 Å². The minimum atomic E-state index is -0.760. The van der Waals surface area contributed by atoms with E-state index in [2.05, 4.69) is 15.5 Å². The first-order valence-corrected chi connectivity index (χ1v) is 9.58. The van der Waals surface area contributed by atoms with Crippen molar-refractivity contribution < 1.29 is 14.3 Å². The second kappa shape index (κ2) is 7.28. The van der Waals surface area contributed by atoms with Crippen molar-refractivity contribution in [3.63, 3.8) is 0 Å². The van der Waals surface area contributed by atoms with E-state index in [0.29, 0.717) is 5.56 Å². The van der Waals surface area contributed by atoms with Crippen molar-refractivity contribution in [3.8, 4) is 17.7 Å². The summed E-state index contributed by atoms with van der Waals surface area (Å²) in [6, 6.07) is 4.05. The lowest BCUT2D eigenvalue weighted by Crippen LogP contribution is -2.53. The number of nitrogens with one attached hydrogen (secondary N) is 2. The lowest BCUT2D eigenvalue weighted by Gasteiger charge is -2.27. The molecule has 0 aliphatic carbocycles. The summed E-state index contributed by atoms with van der Waals surface area (Å²) >= 11 is 12.7. The maximum absolute atomic E-state index is 12.3.